The van der Waals surface area contributed by atoms with Crippen LogP contribution in [-0.2, 0) is 23.9 Å². The number of benzene rings is 1. The lowest BCUT2D eigenvalue weighted by molar-refractivity contribution is -0.164. The molecule has 7 aromatic rings. The van der Waals surface area contributed by atoms with E-state index in [0.717, 1.165) is 12.1 Å². The fraction of sp³-hybridized carbons (Fsp3) is 0.404. The van der Waals surface area contributed by atoms with Crippen molar-refractivity contribution in [2.45, 2.75) is 102 Å². The molecule has 45 nitrogen and oxygen atoms in total. The van der Waals surface area contributed by atoms with Crippen molar-refractivity contribution in [1.29, 1.82) is 0 Å². The number of aromatic amines is 6. The lowest BCUT2D eigenvalue weighted by Gasteiger charge is -2.34. The molecular weight excluding hydrogens is 1340 g/mol. The van der Waals surface area contributed by atoms with Gasteiger partial charge in [-0.25, -0.2) is 4.99 Å². The Hall–Kier alpha value is -12.8. The van der Waals surface area contributed by atoms with Gasteiger partial charge in [-0.15, -0.1) is 0 Å². The number of rotatable bonds is 10. The molecule has 1 aromatic carbocycles. The number of hydrogen-bond donors (Lipinski definition) is 27. The molecule has 10 atom stereocenters. The molecule has 10 unspecified atom stereocenters. The third-order valence-electron chi connectivity index (χ3n) is 15.0. The van der Waals surface area contributed by atoms with Gasteiger partial charge in [0.1, 0.15) is 52.5 Å². The molecule has 6 aromatic heterocycles. The number of carbonyl (C=O) groups excluding carboxylic acids is 3. The quantitative estimate of drug-likeness (QED) is 0.0575. The number of aromatic nitrogens is 12. The van der Waals surface area contributed by atoms with E-state index in [9.17, 15) is 53.4 Å². The summed E-state index contributed by atoms with van der Waals surface area (Å²) >= 11 is 0. The van der Waals surface area contributed by atoms with Crippen molar-refractivity contribution in [2.24, 2.45) is 4.99 Å². The minimum atomic E-state index is -1.15. The number of ketones is 1. The zero-order chi connectivity index (χ0) is 74.4. The summed E-state index contributed by atoms with van der Waals surface area (Å²) in [7, 11) is 0. The minimum Gasteiger partial charge on any atom is -0.459 e. The fourth-order valence-electron chi connectivity index (χ4n) is 10.3. The Bertz CT molecular complexity index is 4580. The van der Waals surface area contributed by atoms with Gasteiger partial charge in [-0.2, -0.15) is 29.9 Å². The highest BCUT2D eigenvalue weighted by Gasteiger charge is 2.36. The number of aliphatic hydroxyl groups is 4. The third kappa shape index (κ3) is 19.3. The Morgan fingerprint density at radius 2 is 0.902 bits per heavy atom. The van der Waals surface area contributed by atoms with Crippen LogP contribution in [0.2, 0.25) is 0 Å². The van der Waals surface area contributed by atoms with Gasteiger partial charge in [0.15, 0.2) is 46.7 Å². The molecule has 0 radical (unpaired) electrons. The number of H-pyrrole nitrogens is 6. The summed E-state index contributed by atoms with van der Waals surface area (Å²) in [5, 5.41) is 69.6. The number of Topliss-reactive ketones (excluding diaryl/α,β-unsaturated/α-hetero) is 1. The average molecular weight is 1430 g/mol. The van der Waals surface area contributed by atoms with Crippen LogP contribution in [0.3, 0.4) is 0 Å². The number of nitrogens with zero attached hydrogens (tertiary/aromatic N) is 7. The normalized spacial score (nSPS) is 18.7. The van der Waals surface area contributed by atoms with Crippen molar-refractivity contribution in [3.63, 3.8) is 0 Å². The summed E-state index contributed by atoms with van der Waals surface area (Å²) in [6, 6.07) is 9.07. The molecule has 0 fully saturated rings. The molecule has 0 bridgehead atoms. The van der Waals surface area contributed by atoms with Crippen LogP contribution in [0, 0.1) is 0 Å². The molecule has 6 aliphatic heterocycles. The summed E-state index contributed by atoms with van der Waals surface area (Å²) in [6.45, 7) is 11.5. The van der Waals surface area contributed by atoms with Gasteiger partial charge in [0, 0.05) is 52.6 Å². The Balaban J connectivity index is 0.000000157. The number of nitrogens with two attached hydrogens (primary N) is 6. The van der Waals surface area contributed by atoms with E-state index >= 15 is 0 Å². The van der Waals surface area contributed by atoms with E-state index in [1.54, 1.807) is 6.92 Å². The van der Waals surface area contributed by atoms with Gasteiger partial charge in [0.25, 0.3) is 33.4 Å². The first-order chi connectivity index (χ1) is 48.4. The number of esters is 2. The van der Waals surface area contributed by atoms with Crippen LogP contribution in [0.5, 0.6) is 0 Å². The first kappa shape index (κ1) is 75.0. The van der Waals surface area contributed by atoms with Gasteiger partial charge in [-0.1, -0.05) is 30.3 Å². The summed E-state index contributed by atoms with van der Waals surface area (Å²) in [4.78, 5) is 145. The predicted molar refractivity (Wildman–Crippen MR) is 380 cm³/mol. The number of aliphatic hydroxyl groups excluding tert-OH is 4. The number of nitrogens with one attached hydrogen (secondary N) is 17. The minimum absolute atomic E-state index is 0.00514. The Morgan fingerprint density at radius 1 is 0.500 bits per heavy atom. The molecule has 0 amide bonds. The maximum absolute atomic E-state index is 12.0. The summed E-state index contributed by atoms with van der Waals surface area (Å²) in [6.07, 6.45) is -4.51. The highest BCUT2D eigenvalue weighted by Crippen LogP contribution is 2.29. The molecule has 12 heterocycles. The number of aliphatic imine (C=N–C) groups is 1. The van der Waals surface area contributed by atoms with Crippen molar-refractivity contribution in [2.75, 3.05) is 139 Å². The van der Waals surface area contributed by atoms with Crippen LogP contribution in [0.4, 0.5) is 105 Å². The molecule has 0 spiro atoms. The first-order valence-electron chi connectivity index (χ1n) is 31.2. The standard InChI is InChI=1S/C13H19N5O5.C12H13N5O.C9H15N5O3.C9H11N5O3.C7H11N5O2.C7H11N5O/c1-5(22-6(2)19)10(23-7(3)20)8-4-15-11-9(16-8)12(21)18-13(14)17-11;13-12-16-10-9(11(18)17-12)15-8(6-14-10)7-4-2-1-3-5-7;2*1-3(15)6(16)4-2-11-7-5(12-4)8(17)14-9(10)13-7;8-7-11-5-4(6(14)12-7)10-3(2-13)1-9-5;1-3-2-9-5-4(10-3)6(13)12-7(8)11-5/h5,8,10,16H,4H2,1-3H3,(H4,14,15,17,18,21);1-5,8,15H,6H2,(H4,13,14,16,17,18);3-4,6,12,15-16H,2H2,1H3,(H4,10,11,13,14,17);3,15H,2H2,1H3,(H4,10,11,13,14,17);3,10,13H,1-2H2,(H4,8,9,11,12,14);3,10H,2H2,1H3,(H4,8,9,11,12,13). The van der Waals surface area contributed by atoms with Crippen LogP contribution in [-0.4, -0.2) is 204 Å². The topological polar surface area (TPSA) is 726 Å². The van der Waals surface area contributed by atoms with Crippen LogP contribution in [0.15, 0.2) is 64.1 Å². The van der Waals surface area contributed by atoms with Crippen LogP contribution < -0.4 is 126 Å². The molecule has 102 heavy (non-hydrogen) atoms. The van der Waals surface area contributed by atoms with Gasteiger partial charge in [0.2, 0.25) is 41.5 Å². The smallest absolute Gasteiger partial charge is 0.303 e. The number of fused-ring (bicyclic) bond motifs is 6. The predicted octanol–water partition coefficient (Wildman–Crippen LogP) is -4.40. The molecule has 0 saturated heterocycles. The zero-order valence-corrected chi connectivity index (χ0v) is 55.5. The molecule has 45 heteroatoms. The SMILES string of the molecule is CC(=O)OC(C)C(OC(C)=O)C1CNc2nc(N)[nH]c(=O)c2N1.CC(O)C(=O)C1=Nc2c(nc(N)[nH]c2=O)NC1.CC(O)C(O)C1CNc2nc(N)[nH]c(=O)c2N1.CC1CNc2nc(N)[nH]c(=O)c2N1.Nc1nc2c(c(=O)[nH]1)NC(CO)CN2.Nc1nc2c(c(=O)[nH]1)NC(c1ccccc1)CN2. The van der Waals surface area contributed by atoms with E-state index in [0.29, 0.717) is 72.3 Å². The summed E-state index contributed by atoms with van der Waals surface area (Å²) in [5.41, 5.74) is 33.1. The van der Waals surface area contributed by atoms with E-state index in [2.05, 4.69) is 123 Å². The highest BCUT2D eigenvalue weighted by molar-refractivity contribution is 6.43. The third-order valence-corrected chi connectivity index (χ3v) is 15.0. The van der Waals surface area contributed by atoms with Gasteiger partial charge < -0.3 is 123 Å². The lowest BCUT2D eigenvalue weighted by atomic mass is 10.0. The van der Waals surface area contributed by atoms with Crippen molar-refractivity contribution in [3.8, 4) is 0 Å². The van der Waals surface area contributed by atoms with Crippen molar-refractivity contribution in [3.05, 3.63) is 98.0 Å². The van der Waals surface area contributed by atoms with Crippen LogP contribution in [0.1, 0.15) is 53.1 Å². The molecule has 33 N–H and O–H groups in total. The molecule has 13 rings (SSSR count). The number of carbonyl (C=O) groups is 3. The Kier molecular flexibility index (Phi) is 24.4. The second kappa shape index (κ2) is 33.2. The zero-order valence-electron chi connectivity index (χ0n) is 55.5. The van der Waals surface area contributed by atoms with Gasteiger partial charge in [0.05, 0.1) is 43.4 Å². The molecule has 0 aliphatic carbocycles. The number of ether oxygens (including phenoxy) is 2. The van der Waals surface area contributed by atoms with Crippen LogP contribution >= 0.6 is 0 Å². The highest BCUT2D eigenvalue weighted by atomic mass is 16.6. The molecule has 548 valence electrons. The monoisotopic (exact) mass is 1420 g/mol. The van der Waals surface area contributed by atoms with E-state index in [4.69, 9.17) is 54.1 Å². The first-order valence-corrected chi connectivity index (χ1v) is 31.2. The molecule has 6 aliphatic rings. The molecule has 0 saturated carbocycles. The fourth-order valence-corrected chi connectivity index (χ4v) is 10.3. The summed E-state index contributed by atoms with van der Waals surface area (Å²) in [5.74, 6) is 1.11. The van der Waals surface area contributed by atoms with E-state index in [-0.39, 0.29) is 112 Å². The average Bonchev–Trinajstić information content (AvgIpc) is 0.821. The number of hydrogen-bond acceptors (Lipinski definition) is 39. The van der Waals surface area contributed by atoms with E-state index in [1.807, 2.05) is 37.3 Å². The number of anilines is 17. The Morgan fingerprint density at radius 3 is 1.36 bits per heavy atom. The second-order valence-electron chi connectivity index (χ2n) is 23.2. The maximum Gasteiger partial charge on any atom is 0.303 e. The van der Waals surface area contributed by atoms with Gasteiger partial charge in [-0.3, -0.25) is 73.1 Å². The van der Waals surface area contributed by atoms with E-state index < -0.39 is 77.0 Å². The summed E-state index contributed by atoms with van der Waals surface area (Å²) < 4.78 is 10.4. The van der Waals surface area contributed by atoms with Gasteiger partial charge in [-0.05, 0) is 33.3 Å². The van der Waals surface area contributed by atoms with E-state index in [1.165, 1.54) is 27.7 Å². The largest absolute Gasteiger partial charge is 0.459 e. The van der Waals surface area contributed by atoms with Crippen LogP contribution in [0.25, 0.3) is 0 Å². The molecular formula is C57H80N30O15. The number of nitrogen functional groups attached to an aromatic ring is 6. The lowest BCUT2D eigenvalue weighted by Crippen LogP contribution is -2.51. The van der Waals surface area contributed by atoms with Crippen molar-refractivity contribution < 1.29 is 44.3 Å². The van der Waals surface area contributed by atoms with Crippen molar-refractivity contribution in [1.82, 2.24) is 59.8 Å². The second-order valence-corrected chi connectivity index (χ2v) is 23.2. The Labute approximate surface area is 574 Å². The van der Waals surface area contributed by atoms with Gasteiger partial charge >= 0.3 is 11.9 Å². The van der Waals surface area contributed by atoms with Crippen molar-refractivity contribution >= 4 is 128 Å². The maximum atomic E-state index is 12.0.